The molecule has 1 aromatic heterocycles. The van der Waals surface area contributed by atoms with Gasteiger partial charge in [0.2, 0.25) is 0 Å². The molecule has 2 atom stereocenters. The summed E-state index contributed by atoms with van der Waals surface area (Å²) in [6, 6.07) is 15.0. The van der Waals surface area contributed by atoms with Crippen LogP contribution in [0.4, 0.5) is 0 Å². The van der Waals surface area contributed by atoms with E-state index in [1.54, 1.807) is 0 Å². The Hall–Kier alpha value is -2.17. The molecule has 2 N–H and O–H groups in total. The van der Waals surface area contributed by atoms with Crippen LogP contribution in [0.15, 0.2) is 42.5 Å². The number of H-pyrrole nitrogens is 1. The number of nitrogens with zero attached hydrogens (tertiary/aromatic N) is 2. The Labute approximate surface area is 154 Å². The maximum Gasteiger partial charge on any atom is 0.106 e. The first-order chi connectivity index (χ1) is 12.6. The molecule has 2 aromatic carbocycles. The van der Waals surface area contributed by atoms with Crippen molar-refractivity contribution in [3.8, 4) is 0 Å². The van der Waals surface area contributed by atoms with Gasteiger partial charge in [0, 0.05) is 31.1 Å². The fraction of sp³-hybridized carbons (Fsp3) is 0.409. The number of fused-ring (bicyclic) bond motifs is 1. The molecule has 0 radical (unpaired) electrons. The predicted molar refractivity (Wildman–Crippen MR) is 105 cm³/mol. The summed E-state index contributed by atoms with van der Waals surface area (Å²) in [4.78, 5) is 10.4. The van der Waals surface area contributed by atoms with Crippen molar-refractivity contribution in [1.29, 1.82) is 0 Å². The van der Waals surface area contributed by atoms with Crippen molar-refractivity contribution in [2.75, 3.05) is 13.1 Å². The maximum absolute atomic E-state index is 10.8. The molecule has 0 unspecified atom stereocenters. The van der Waals surface area contributed by atoms with Gasteiger partial charge in [-0.05, 0) is 36.2 Å². The zero-order valence-electron chi connectivity index (χ0n) is 15.6. The van der Waals surface area contributed by atoms with Crippen LogP contribution in [0.1, 0.15) is 42.0 Å². The smallest absolute Gasteiger partial charge is 0.106 e. The zero-order valence-corrected chi connectivity index (χ0v) is 15.6. The molecule has 4 heteroatoms. The number of piperidine rings is 1. The number of imidazole rings is 1. The van der Waals surface area contributed by atoms with Crippen LogP contribution in [0, 0.1) is 6.92 Å². The predicted octanol–water partition coefficient (Wildman–Crippen LogP) is 3.78. The third kappa shape index (κ3) is 3.39. The summed E-state index contributed by atoms with van der Waals surface area (Å²) >= 11 is 0. The molecule has 0 amide bonds. The van der Waals surface area contributed by atoms with Gasteiger partial charge < -0.3 is 10.1 Å². The van der Waals surface area contributed by atoms with Crippen molar-refractivity contribution in [2.45, 2.75) is 45.3 Å². The molecule has 0 spiro atoms. The van der Waals surface area contributed by atoms with Gasteiger partial charge in [0.05, 0.1) is 11.8 Å². The summed E-state index contributed by atoms with van der Waals surface area (Å²) in [6.07, 6.45) is 1.56. The van der Waals surface area contributed by atoms with Crippen LogP contribution in [0.25, 0.3) is 10.8 Å². The molecule has 0 bridgehead atoms. The minimum atomic E-state index is -0.338. The van der Waals surface area contributed by atoms with E-state index in [4.69, 9.17) is 0 Å². The van der Waals surface area contributed by atoms with E-state index in [0.29, 0.717) is 6.54 Å². The van der Waals surface area contributed by atoms with Gasteiger partial charge in [0.15, 0.2) is 0 Å². The van der Waals surface area contributed by atoms with E-state index in [0.717, 1.165) is 43.1 Å². The van der Waals surface area contributed by atoms with Crippen LogP contribution >= 0.6 is 0 Å². The summed E-state index contributed by atoms with van der Waals surface area (Å²) in [5.41, 5.74) is 3.51. The number of hydrogen-bond donors (Lipinski definition) is 2. The highest BCUT2D eigenvalue weighted by molar-refractivity contribution is 5.83. The Bertz CT molecular complexity index is 901. The van der Waals surface area contributed by atoms with Crippen molar-refractivity contribution in [2.24, 2.45) is 0 Å². The Kier molecular flexibility index (Phi) is 4.79. The number of aromatic amines is 1. The van der Waals surface area contributed by atoms with Gasteiger partial charge in [-0.15, -0.1) is 0 Å². The molecule has 0 saturated carbocycles. The number of β-amino-alcohol motifs (C(OH)–C–C–N with tert-alkyl or cyclic N) is 1. The van der Waals surface area contributed by atoms with Gasteiger partial charge in [0.25, 0.3) is 0 Å². The molecule has 1 aliphatic heterocycles. The van der Waals surface area contributed by atoms with E-state index in [-0.39, 0.29) is 12.0 Å². The molecule has 136 valence electrons. The van der Waals surface area contributed by atoms with Gasteiger partial charge >= 0.3 is 0 Å². The number of aryl methyl sites for hydroxylation is 2. The van der Waals surface area contributed by atoms with Crippen molar-refractivity contribution in [3.63, 3.8) is 0 Å². The molecule has 0 aliphatic carbocycles. The lowest BCUT2D eigenvalue weighted by Gasteiger charge is -2.36. The molecule has 1 aliphatic rings. The van der Waals surface area contributed by atoms with E-state index in [9.17, 15) is 5.11 Å². The lowest BCUT2D eigenvalue weighted by Crippen LogP contribution is -2.42. The fourth-order valence-corrected chi connectivity index (χ4v) is 4.06. The maximum atomic E-state index is 10.8. The molecular formula is C22H27N3O. The number of aromatic nitrogens is 2. The number of nitrogens with one attached hydrogen (secondary N) is 1. The van der Waals surface area contributed by atoms with E-state index < -0.39 is 0 Å². The van der Waals surface area contributed by atoms with Crippen LogP contribution in [-0.2, 0) is 13.0 Å². The van der Waals surface area contributed by atoms with Gasteiger partial charge in [-0.3, -0.25) is 4.90 Å². The van der Waals surface area contributed by atoms with Crippen LogP contribution < -0.4 is 0 Å². The number of hydrogen-bond acceptors (Lipinski definition) is 3. The average Bonchev–Trinajstić information content (AvgIpc) is 3.01. The van der Waals surface area contributed by atoms with E-state index >= 15 is 0 Å². The molecule has 4 rings (SSSR count). The van der Waals surface area contributed by atoms with Crippen molar-refractivity contribution >= 4 is 10.8 Å². The molecule has 4 nitrogen and oxygen atoms in total. The fourth-order valence-electron chi connectivity index (χ4n) is 4.06. The highest BCUT2D eigenvalue weighted by Crippen LogP contribution is 2.31. The molecule has 2 heterocycles. The second-order valence-corrected chi connectivity index (χ2v) is 7.41. The van der Waals surface area contributed by atoms with Crippen LogP contribution in [0.5, 0.6) is 0 Å². The summed E-state index contributed by atoms with van der Waals surface area (Å²) < 4.78 is 0. The first kappa shape index (κ1) is 17.3. The average molecular weight is 349 g/mol. The Morgan fingerprint density at radius 2 is 2.00 bits per heavy atom. The van der Waals surface area contributed by atoms with Crippen LogP contribution in [0.2, 0.25) is 0 Å². The van der Waals surface area contributed by atoms with Crippen molar-refractivity contribution in [1.82, 2.24) is 14.9 Å². The number of aliphatic hydroxyl groups is 1. The monoisotopic (exact) mass is 349 g/mol. The van der Waals surface area contributed by atoms with E-state index in [2.05, 4.69) is 71.2 Å². The highest BCUT2D eigenvalue weighted by atomic mass is 16.3. The standard InChI is InChI=1S/C22H27N3O/c1-3-22-23-15(2)20(24-22)13-25-11-10-19(21(26)14-25)18-9-8-16-6-4-5-7-17(16)12-18/h4-9,12,19,21,26H,3,10-11,13-14H2,1-2H3,(H,23,24)/t19-,21+/m0/s1. The van der Waals surface area contributed by atoms with E-state index in [1.165, 1.54) is 16.3 Å². The lowest BCUT2D eigenvalue weighted by atomic mass is 9.86. The zero-order chi connectivity index (χ0) is 18.1. The minimum absolute atomic E-state index is 0.210. The minimum Gasteiger partial charge on any atom is -0.391 e. The number of likely N-dealkylation sites (tertiary alicyclic amines) is 1. The van der Waals surface area contributed by atoms with Crippen molar-refractivity contribution < 1.29 is 5.11 Å². The van der Waals surface area contributed by atoms with Crippen LogP contribution in [-0.4, -0.2) is 39.2 Å². The first-order valence-electron chi connectivity index (χ1n) is 9.57. The Morgan fingerprint density at radius 1 is 1.19 bits per heavy atom. The topological polar surface area (TPSA) is 52.1 Å². The molecular weight excluding hydrogens is 322 g/mol. The normalized spacial score (nSPS) is 21.3. The summed E-state index contributed by atoms with van der Waals surface area (Å²) in [5, 5.41) is 13.3. The number of benzene rings is 2. The third-order valence-electron chi connectivity index (χ3n) is 5.61. The van der Waals surface area contributed by atoms with Gasteiger partial charge in [0.1, 0.15) is 5.82 Å². The van der Waals surface area contributed by atoms with Gasteiger partial charge in [-0.25, -0.2) is 4.98 Å². The Morgan fingerprint density at radius 3 is 2.73 bits per heavy atom. The first-order valence-corrected chi connectivity index (χ1v) is 9.57. The SMILES string of the molecule is CCc1nc(CN2CC[C@@H](c3ccc4ccccc4c3)[C@H](O)C2)c(C)[nH]1. The summed E-state index contributed by atoms with van der Waals surface area (Å²) in [5.74, 6) is 1.26. The Balaban J connectivity index is 1.46. The second kappa shape index (κ2) is 7.22. The molecule has 3 aromatic rings. The third-order valence-corrected chi connectivity index (χ3v) is 5.61. The number of aliphatic hydroxyl groups excluding tert-OH is 1. The molecule has 26 heavy (non-hydrogen) atoms. The summed E-state index contributed by atoms with van der Waals surface area (Å²) in [6.45, 7) is 6.69. The van der Waals surface area contributed by atoms with Gasteiger partial charge in [-0.2, -0.15) is 0 Å². The summed E-state index contributed by atoms with van der Waals surface area (Å²) in [7, 11) is 0. The second-order valence-electron chi connectivity index (χ2n) is 7.41. The van der Waals surface area contributed by atoms with Gasteiger partial charge in [-0.1, -0.05) is 49.4 Å². The largest absolute Gasteiger partial charge is 0.391 e. The molecule has 1 saturated heterocycles. The van der Waals surface area contributed by atoms with Crippen molar-refractivity contribution in [3.05, 3.63) is 65.2 Å². The highest BCUT2D eigenvalue weighted by Gasteiger charge is 2.29. The van der Waals surface area contributed by atoms with E-state index in [1.807, 2.05) is 0 Å². The molecule has 1 fully saturated rings. The number of rotatable bonds is 4. The van der Waals surface area contributed by atoms with Crippen LogP contribution in [0.3, 0.4) is 0 Å². The lowest BCUT2D eigenvalue weighted by molar-refractivity contribution is 0.0471. The quantitative estimate of drug-likeness (QED) is 0.753.